The summed E-state index contributed by atoms with van der Waals surface area (Å²) in [6, 6.07) is 5.00. The first-order valence-corrected chi connectivity index (χ1v) is 7.85. The molecule has 0 aliphatic heterocycles. The lowest BCUT2D eigenvalue weighted by molar-refractivity contribution is 0.395. The molecule has 0 radical (unpaired) electrons. The number of nitrogens with zero attached hydrogens (tertiary/aromatic N) is 1. The van der Waals surface area contributed by atoms with Gasteiger partial charge in [-0.1, -0.05) is 23.2 Å². The number of halogens is 3. The molecule has 1 aromatic carbocycles. The van der Waals surface area contributed by atoms with Gasteiger partial charge in [0.2, 0.25) is 0 Å². The van der Waals surface area contributed by atoms with E-state index >= 15 is 0 Å². The molecule has 2 aromatic rings. The van der Waals surface area contributed by atoms with Crippen LogP contribution in [-0.2, 0) is 0 Å². The molecular formula is C14H12Cl2IN3O2. The highest BCUT2D eigenvalue weighted by Crippen LogP contribution is 2.45. The van der Waals surface area contributed by atoms with Gasteiger partial charge in [-0.2, -0.15) is 0 Å². The van der Waals surface area contributed by atoms with E-state index in [4.69, 9.17) is 43.8 Å². The van der Waals surface area contributed by atoms with E-state index in [9.17, 15) is 0 Å². The van der Waals surface area contributed by atoms with E-state index in [1.807, 2.05) is 22.6 Å². The Kier molecular flexibility index (Phi) is 5.36. The number of nitrogens with two attached hydrogens (primary N) is 1. The van der Waals surface area contributed by atoms with Crippen LogP contribution in [0.5, 0.6) is 11.5 Å². The minimum atomic E-state index is 0.228. The molecule has 0 fully saturated rings. The second-order valence-electron chi connectivity index (χ2n) is 4.23. The normalized spacial score (nSPS) is 10.4. The number of nitrogen functional groups attached to an aromatic ring is 1. The molecule has 0 amide bonds. The summed E-state index contributed by atoms with van der Waals surface area (Å²) >= 11 is 14.6. The molecule has 5 nitrogen and oxygen atoms in total. The smallest absolute Gasteiger partial charge is 0.141 e. The molecule has 0 spiro atoms. The molecule has 0 aliphatic carbocycles. The Hall–Kier alpha value is -1.25. The predicted molar refractivity (Wildman–Crippen MR) is 98.1 cm³/mol. The molecule has 0 bridgehead atoms. The summed E-state index contributed by atoms with van der Waals surface area (Å²) in [6.07, 6.45) is 0. The number of rotatable bonds is 4. The van der Waals surface area contributed by atoms with Crippen molar-refractivity contribution in [1.29, 1.82) is 5.41 Å². The average molecular weight is 452 g/mol. The monoisotopic (exact) mass is 451 g/mol. The summed E-state index contributed by atoms with van der Waals surface area (Å²) in [5, 5.41) is 8.27. The number of aromatic nitrogens is 1. The molecular weight excluding hydrogens is 440 g/mol. The van der Waals surface area contributed by atoms with E-state index in [1.165, 1.54) is 14.2 Å². The van der Waals surface area contributed by atoms with E-state index in [-0.39, 0.29) is 5.82 Å². The standard InChI is InChI=1S/C14H12Cl2IN3O2/c1-21-8-5-9(22-2)12(16)10(11(8)15)7-4-3-6(13(17)18)14(19)20-7/h3-5,18H,1-2H3,(H2,19,20). The molecule has 1 heterocycles. The number of hydrogen-bond acceptors (Lipinski definition) is 5. The number of ether oxygens (including phenoxy) is 2. The van der Waals surface area contributed by atoms with E-state index < -0.39 is 0 Å². The molecule has 0 atom stereocenters. The first kappa shape index (κ1) is 17.1. The molecule has 8 heteroatoms. The average Bonchev–Trinajstić information content (AvgIpc) is 2.47. The lowest BCUT2D eigenvalue weighted by Gasteiger charge is -2.15. The van der Waals surface area contributed by atoms with Gasteiger partial charge >= 0.3 is 0 Å². The SMILES string of the molecule is COc1cc(OC)c(Cl)c(-c2ccc(C(=N)I)c(N)n2)c1Cl. The van der Waals surface area contributed by atoms with Crippen LogP contribution in [0.3, 0.4) is 0 Å². The van der Waals surface area contributed by atoms with E-state index in [0.29, 0.717) is 42.1 Å². The number of methoxy groups -OCH3 is 2. The minimum absolute atomic E-state index is 0.228. The maximum absolute atomic E-state index is 7.64. The predicted octanol–water partition coefficient (Wildman–Crippen LogP) is 4.42. The molecule has 0 saturated carbocycles. The maximum Gasteiger partial charge on any atom is 0.141 e. The van der Waals surface area contributed by atoms with Gasteiger partial charge in [0.1, 0.15) is 21.0 Å². The van der Waals surface area contributed by atoms with E-state index in [1.54, 1.807) is 18.2 Å². The fourth-order valence-corrected chi connectivity index (χ4v) is 3.06. The maximum atomic E-state index is 7.64. The zero-order valence-corrected chi connectivity index (χ0v) is 15.4. The molecule has 1 aromatic heterocycles. The van der Waals surface area contributed by atoms with Gasteiger partial charge in [-0.15, -0.1) is 0 Å². The van der Waals surface area contributed by atoms with Crippen molar-refractivity contribution >= 4 is 55.3 Å². The van der Waals surface area contributed by atoms with Crippen LogP contribution >= 0.6 is 45.8 Å². The van der Waals surface area contributed by atoms with Crippen LogP contribution in [0.15, 0.2) is 18.2 Å². The Morgan fingerprint density at radius 1 is 1.18 bits per heavy atom. The second kappa shape index (κ2) is 6.89. The quantitative estimate of drug-likeness (QED) is 0.532. The lowest BCUT2D eigenvalue weighted by Crippen LogP contribution is -2.02. The van der Waals surface area contributed by atoms with Gasteiger partial charge in [-0.05, 0) is 34.7 Å². The van der Waals surface area contributed by atoms with Crippen LogP contribution in [0.1, 0.15) is 5.56 Å². The summed E-state index contributed by atoms with van der Waals surface area (Å²) < 4.78 is 10.8. The van der Waals surface area contributed by atoms with Crippen LogP contribution in [0, 0.1) is 5.41 Å². The molecule has 0 saturated heterocycles. The van der Waals surface area contributed by atoms with Gasteiger partial charge in [-0.25, -0.2) is 4.98 Å². The summed E-state index contributed by atoms with van der Waals surface area (Å²) in [7, 11) is 3.00. The third kappa shape index (κ3) is 3.09. The van der Waals surface area contributed by atoms with Gasteiger partial charge in [0.05, 0.1) is 30.0 Å². The Balaban J connectivity index is 2.71. The third-order valence-electron chi connectivity index (χ3n) is 2.99. The van der Waals surface area contributed by atoms with Gasteiger partial charge < -0.3 is 15.2 Å². The van der Waals surface area contributed by atoms with E-state index in [0.717, 1.165) is 0 Å². The van der Waals surface area contributed by atoms with Crippen molar-refractivity contribution < 1.29 is 9.47 Å². The van der Waals surface area contributed by atoms with Crippen molar-refractivity contribution in [2.75, 3.05) is 20.0 Å². The third-order valence-corrected chi connectivity index (χ3v) is 4.32. The zero-order chi connectivity index (χ0) is 16.4. The lowest BCUT2D eigenvalue weighted by atomic mass is 10.1. The van der Waals surface area contributed by atoms with Gasteiger partial charge in [-0.3, -0.25) is 5.41 Å². The molecule has 2 rings (SSSR count). The summed E-state index contributed by atoms with van der Waals surface area (Å²) in [4.78, 5) is 4.29. The highest BCUT2D eigenvalue weighted by molar-refractivity contribution is 14.1. The highest BCUT2D eigenvalue weighted by Gasteiger charge is 2.20. The van der Waals surface area contributed by atoms with Crippen molar-refractivity contribution in [1.82, 2.24) is 4.98 Å². The van der Waals surface area contributed by atoms with Crippen molar-refractivity contribution in [3.05, 3.63) is 33.8 Å². The first-order valence-electron chi connectivity index (χ1n) is 6.02. The minimum Gasteiger partial charge on any atom is -0.495 e. The first-order chi connectivity index (χ1) is 10.4. The van der Waals surface area contributed by atoms with Crippen LogP contribution < -0.4 is 15.2 Å². The summed E-state index contributed by atoms with van der Waals surface area (Å²) in [6.45, 7) is 0. The molecule has 22 heavy (non-hydrogen) atoms. The summed E-state index contributed by atoms with van der Waals surface area (Å²) in [5.41, 5.74) is 7.39. The van der Waals surface area contributed by atoms with Crippen LogP contribution in [0.4, 0.5) is 5.82 Å². The Morgan fingerprint density at radius 2 is 1.73 bits per heavy atom. The van der Waals surface area contributed by atoms with Crippen molar-refractivity contribution in [3.63, 3.8) is 0 Å². The van der Waals surface area contributed by atoms with Crippen LogP contribution in [0.2, 0.25) is 10.0 Å². The largest absolute Gasteiger partial charge is 0.495 e. The number of anilines is 1. The number of nitrogens with one attached hydrogen (secondary N) is 1. The number of benzene rings is 1. The Morgan fingerprint density at radius 3 is 2.14 bits per heavy atom. The fourth-order valence-electron chi connectivity index (χ4n) is 1.91. The molecule has 0 aliphatic rings. The van der Waals surface area contributed by atoms with Crippen LogP contribution in [0.25, 0.3) is 11.3 Å². The second-order valence-corrected chi connectivity index (χ2v) is 6.06. The number of hydrogen-bond donors (Lipinski definition) is 2. The highest BCUT2D eigenvalue weighted by atomic mass is 127. The van der Waals surface area contributed by atoms with E-state index in [2.05, 4.69) is 4.98 Å². The topological polar surface area (TPSA) is 81.2 Å². The van der Waals surface area contributed by atoms with Crippen molar-refractivity contribution in [2.45, 2.75) is 0 Å². The Bertz CT molecular complexity index is 725. The van der Waals surface area contributed by atoms with Crippen LogP contribution in [-0.4, -0.2) is 22.9 Å². The Labute approximate surface area is 151 Å². The van der Waals surface area contributed by atoms with Crippen molar-refractivity contribution in [3.8, 4) is 22.8 Å². The van der Waals surface area contributed by atoms with Gasteiger partial charge in [0, 0.05) is 17.2 Å². The number of pyridine rings is 1. The van der Waals surface area contributed by atoms with Gasteiger partial charge in [0.25, 0.3) is 0 Å². The van der Waals surface area contributed by atoms with Gasteiger partial charge in [0.15, 0.2) is 0 Å². The molecule has 3 N–H and O–H groups in total. The molecule has 0 unspecified atom stereocenters. The van der Waals surface area contributed by atoms with Crippen molar-refractivity contribution in [2.24, 2.45) is 0 Å². The summed E-state index contributed by atoms with van der Waals surface area (Å²) in [5.74, 6) is 1.07. The zero-order valence-electron chi connectivity index (χ0n) is 11.7. The molecule has 116 valence electrons. The fraction of sp³-hybridized carbons (Fsp3) is 0.143.